The molecule has 2 atom stereocenters. The van der Waals surface area contributed by atoms with Crippen LogP contribution in [-0.4, -0.2) is 33.9 Å². The van der Waals surface area contributed by atoms with Crippen molar-refractivity contribution in [1.29, 1.82) is 0 Å². The quantitative estimate of drug-likeness (QED) is 0.635. The Morgan fingerprint density at radius 3 is 2.48 bits per heavy atom. The van der Waals surface area contributed by atoms with Crippen LogP contribution < -0.4 is 0 Å². The first-order valence-electron chi connectivity index (χ1n) is 9.14. The number of benzene rings is 1. The Bertz CT molecular complexity index is 623. The Morgan fingerprint density at radius 1 is 1.28 bits per heavy atom. The molecule has 2 aliphatic rings. The molecular formula is C20H30BrNO2S. The van der Waals surface area contributed by atoms with Crippen LogP contribution in [0.15, 0.2) is 22.7 Å². The average Bonchev–Trinajstić information content (AvgIpc) is 2.86. The summed E-state index contributed by atoms with van der Waals surface area (Å²) in [5.74, 6) is 0. The van der Waals surface area contributed by atoms with Crippen molar-refractivity contribution in [2.45, 2.75) is 69.8 Å². The van der Waals surface area contributed by atoms with Crippen LogP contribution in [0, 0.1) is 5.41 Å². The molecule has 0 aliphatic heterocycles. The van der Waals surface area contributed by atoms with Gasteiger partial charge in [0.25, 0.3) is 0 Å². The fourth-order valence-corrected chi connectivity index (χ4v) is 6.52. The van der Waals surface area contributed by atoms with Crippen LogP contribution in [0.3, 0.4) is 0 Å². The van der Waals surface area contributed by atoms with Crippen molar-refractivity contribution in [2.24, 2.45) is 5.41 Å². The highest BCUT2D eigenvalue weighted by Gasteiger charge is 2.53. The molecule has 1 fully saturated rings. The van der Waals surface area contributed by atoms with E-state index in [0.717, 1.165) is 36.6 Å². The van der Waals surface area contributed by atoms with Crippen LogP contribution in [-0.2, 0) is 22.5 Å². The van der Waals surface area contributed by atoms with Crippen molar-refractivity contribution in [2.75, 3.05) is 14.2 Å². The smallest absolute Gasteiger partial charge is 0.137 e. The van der Waals surface area contributed by atoms with Gasteiger partial charge in [0.05, 0.1) is 12.1 Å². The van der Waals surface area contributed by atoms with E-state index >= 15 is 0 Å². The zero-order chi connectivity index (χ0) is 18.4. The number of hydrogen-bond donors (Lipinski definition) is 0. The summed E-state index contributed by atoms with van der Waals surface area (Å²) in [6.07, 6.45) is 5.92. The summed E-state index contributed by atoms with van der Waals surface area (Å²) in [5, 5.41) is 0. The average molecular weight is 428 g/mol. The van der Waals surface area contributed by atoms with Crippen LogP contribution in [0.25, 0.3) is 0 Å². The maximum absolute atomic E-state index is 13.2. The first kappa shape index (κ1) is 19.7. The van der Waals surface area contributed by atoms with Gasteiger partial charge in [0.1, 0.15) is 4.75 Å². The lowest BCUT2D eigenvalue weighted by atomic mass is 9.68. The van der Waals surface area contributed by atoms with Gasteiger partial charge in [0, 0.05) is 30.0 Å². The third-order valence-corrected chi connectivity index (χ3v) is 8.21. The van der Waals surface area contributed by atoms with Crippen molar-refractivity contribution in [1.82, 2.24) is 4.31 Å². The third-order valence-electron chi connectivity index (χ3n) is 5.94. The lowest BCUT2D eigenvalue weighted by Crippen LogP contribution is -2.48. The van der Waals surface area contributed by atoms with E-state index in [9.17, 15) is 4.55 Å². The Balaban J connectivity index is 1.99. The molecular weight excluding hydrogens is 398 g/mol. The minimum Gasteiger partial charge on any atom is -0.597 e. The Kier molecular flexibility index (Phi) is 5.64. The summed E-state index contributed by atoms with van der Waals surface area (Å²) in [7, 11) is 3.87. The first-order chi connectivity index (χ1) is 11.7. The summed E-state index contributed by atoms with van der Waals surface area (Å²) in [5.41, 5.74) is 2.94. The second-order valence-electron chi connectivity index (χ2n) is 8.63. The molecule has 0 aromatic heterocycles. The molecule has 0 saturated heterocycles. The van der Waals surface area contributed by atoms with Crippen molar-refractivity contribution < 1.29 is 9.29 Å². The number of ether oxygens (including phenoxy) is 1. The predicted molar refractivity (Wildman–Crippen MR) is 108 cm³/mol. The second-order valence-corrected chi connectivity index (χ2v) is 11.8. The lowest BCUT2D eigenvalue weighted by molar-refractivity contribution is 0.00536. The van der Waals surface area contributed by atoms with Crippen LogP contribution in [0.2, 0.25) is 0 Å². The van der Waals surface area contributed by atoms with Crippen LogP contribution >= 0.6 is 15.9 Å². The zero-order valence-electron chi connectivity index (χ0n) is 16.0. The van der Waals surface area contributed by atoms with Gasteiger partial charge in [-0.1, -0.05) is 22.0 Å². The van der Waals surface area contributed by atoms with Gasteiger partial charge < -0.3 is 9.29 Å². The molecule has 0 amide bonds. The van der Waals surface area contributed by atoms with Crippen molar-refractivity contribution in [3.63, 3.8) is 0 Å². The lowest BCUT2D eigenvalue weighted by Gasteiger charge is -2.45. The molecule has 140 valence electrons. The van der Waals surface area contributed by atoms with Gasteiger partial charge in [-0.15, -0.1) is 4.31 Å². The number of fused-ring (bicyclic) bond motifs is 1. The molecule has 25 heavy (non-hydrogen) atoms. The summed E-state index contributed by atoms with van der Waals surface area (Å²) in [4.78, 5) is 0. The van der Waals surface area contributed by atoms with Crippen LogP contribution in [0.5, 0.6) is 0 Å². The second kappa shape index (κ2) is 7.16. The van der Waals surface area contributed by atoms with Crippen molar-refractivity contribution in [3.8, 4) is 0 Å². The molecule has 5 heteroatoms. The van der Waals surface area contributed by atoms with Gasteiger partial charge >= 0.3 is 0 Å². The first-order valence-corrected chi connectivity index (χ1v) is 11.0. The number of rotatable bonds is 3. The van der Waals surface area contributed by atoms with Gasteiger partial charge in [0.15, 0.2) is 0 Å². The Labute approximate surface area is 163 Å². The fourth-order valence-electron chi connectivity index (χ4n) is 4.75. The SMILES string of the molecule is CO[C@H]1CC[C@]2(CC1)Cc1ccc(Br)cc1C2N(C)[S+]([O-])C(C)(C)C. The number of nitrogens with zero attached hydrogens (tertiary/aromatic N) is 1. The van der Waals surface area contributed by atoms with E-state index in [4.69, 9.17) is 4.74 Å². The van der Waals surface area contributed by atoms with Gasteiger partial charge in [-0.25, -0.2) is 0 Å². The fraction of sp³-hybridized carbons (Fsp3) is 0.700. The summed E-state index contributed by atoms with van der Waals surface area (Å²) < 4.78 is 21.8. The Morgan fingerprint density at radius 2 is 1.92 bits per heavy atom. The topological polar surface area (TPSA) is 35.5 Å². The highest BCUT2D eigenvalue weighted by Crippen LogP contribution is 2.57. The zero-order valence-corrected chi connectivity index (χ0v) is 18.4. The molecule has 1 spiro atoms. The van der Waals surface area contributed by atoms with Crippen molar-refractivity contribution in [3.05, 3.63) is 33.8 Å². The standard InChI is InChI=1S/C20H30BrNO2S/c1-19(2,3)25(23)22(4)18-17-12-15(21)7-6-14(17)13-20(18)10-8-16(24-5)9-11-20/h6-7,12,16,18H,8-11,13H2,1-5H3/t16-,18?,20-,25?. The molecule has 2 unspecified atom stereocenters. The molecule has 2 aliphatic carbocycles. The number of hydrogen-bond acceptors (Lipinski definition) is 3. The molecule has 1 aromatic rings. The minimum atomic E-state index is -1.04. The third kappa shape index (κ3) is 3.68. The summed E-state index contributed by atoms with van der Waals surface area (Å²) >= 11 is 2.60. The van der Waals surface area contributed by atoms with Gasteiger partial charge in [-0.05, 0) is 81.5 Å². The molecule has 3 rings (SSSR count). The molecule has 0 heterocycles. The van der Waals surface area contributed by atoms with Gasteiger partial charge in [0.2, 0.25) is 0 Å². The normalized spacial score (nSPS) is 30.7. The van der Waals surface area contributed by atoms with Crippen molar-refractivity contribution >= 4 is 27.3 Å². The van der Waals surface area contributed by atoms with Gasteiger partial charge in [-0.3, -0.25) is 0 Å². The monoisotopic (exact) mass is 427 g/mol. The van der Waals surface area contributed by atoms with Gasteiger partial charge in [-0.2, -0.15) is 0 Å². The van der Waals surface area contributed by atoms with E-state index in [1.165, 1.54) is 11.1 Å². The molecule has 0 bridgehead atoms. The van der Waals surface area contributed by atoms with E-state index in [-0.39, 0.29) is 16.2 Å². The molecule has 1 aromatic carbocycles. The summed E-state index contributed by atoms with van der Waals surface area (Å²) in [6, 6.07) is 6.83. The van der Waals surface area contributed by atoms with E-state index in [1.54, 1.807) is 0 Å². The maximum atomic E-state index is 13.2. The van der Waals surface area contributed by atoms with E-state index in [2.05, 4.69) is 59.2 Å². The maximum Gasteiger partial charge on any atom is 0.137 e. The highest BCUT2D eigenvalue weighted by atomic mass is 79.9. The summed E-state index contributed by atoms with van der Waals surface area (Å²) in [6.45, 7) is 6.18. The number of halogens is 1. The number of methoxy groups -OCH3 is 1. The minimum absolute atomic E-state index is 0.174. The highest BCUT2D eigenvalue weighted by molar-refractivity contribution is 9.10. The van der Waals surface area contributed by atoms with E-state index in [0.29, 0.717) is 6.10 Å². The van der Waals surface area contributed by atoms with Crippen LogP contribution in [0.1, 0.15) is 63.6 Å². The van der Waals surface area contributed by atoms with Crippen LogP contribution in [0.4, 0.5) is 0 Å². The van der Waals surface area contributed by atoms with E-state index < -0.39 is 11.4 Å². The molecule has 0 radical (unpaired) electrons. The van der Waals surface area contributed by atoms with E-state index in [1.807, 2.05) is 14.2 Å². The Hall–Kier alpha value is -0.0700. The molecule has 3 nitrogen and oxygen atoms in total. The largest absolute Gasteiger partial charge is 0.597 e. The molecule has 0 N–H and O–H groups in total. The molecule has 1 saturated carbocycles. The predicted octanol–water partition coefficient (Wildman–Crippen LogP) is 5.02.